The molecule has 0 nitrogen and oxygen atoms in total. The Labute approximate surface area is 63.6 Å². The monoisotopic (exact) mass is 170 g/mol. The fourth-order valence-corrected chi connectivity index (χ4v) is 0.527. The summed E-state index contributed by atoms with van der Waals surface area (Å²) in [5, 5.41) is 0. The van der Waals surface area contributed by atoms with E-state index >= 15 is 0 Å². The van der Waals surface area contributed by atoms with Crippen molar-refractivity contribution in [2.75, 3.05) is 0 Å². The van der Waals surface area contributed by atoms with Crippen LogP contribution in [0.2, 0.25) is 0 Å². The highest BCUT2D eigenvalue weighted by Crippen LogP contribution is 2.41. The molecule has 0 saturated heterocycles. The summed E-state index contributed by atoms with van der Waals surface area (Å²) in [6.45, 7) is 6.56. The van der Waals surface area contributed by atoms with Crippen molar-refractivity contribution in [2.45, 2.75) is 25.2 Å². The highest BCUT2D eigenvalue weighted by Gasteiger charge is 2.56. The van der Waals surface area contributed by atoms with Crippen LogP contribution in [0.3, 0.4) is 0 Å². The zero-order valence-electron chi connectivity index (χ0n) is 6.21. The van der Waals surface area contributed by atoms with Crippen molar-refractivity contribution in [1.29, 1.82) is 0 Å². The van der Waals surface area contributed by atoms with E-state index < -0.39 is 24.2 Å². The Morgan fingerprint density at radius 3 is 1.73 bits per heavy atom. The number of hydrogen-bond donors (Lipinski definition) is 0. The molecule has 0 aromatic heterocycles. The number of rotatable bonds is 3. The van der Waals surface area contributed by atoms with Gasteiger partial charge in [0.2, 0.25) is 0 Å². The molecule has 1 unspecified atom stereocenters. The number of alkyl halides is 4. The van der Waals surface area contributed by atoms with Crippen molar-refractivity contribution in [1.82, 2.24) is 0 Å². The second kappa shape index (κ2) is 2.99. The van der Waals surface area contributed by atoms with Gasteiger partial charge < -0.3 is 0 Å². The zero-order chi connectivity index (χ0) is 9.28. The molecule has 11 heavy (non-hydrogen) atoms. The fraction of sp³-hybridized carbons (Fsp3) is 0.714. The summed E-state index contributed by atoms with van der Waals surface area (Å²) in [6.07, 6.45) is -1.11. The third-order valence-electron chi connectivity index (χ3n) is 1.42. The Hall–Kier alpha value is -0.280. The molecule has 4 heteroatoms. The van der Waals surface area contributed by atoms with Crippen LogP contribution >= 0.6 is 0 Å². The van der Waals surface area contributed by atoms with Gasteiger partial charge in [0.1, 0.15) is 0 Å². The van der Waals surface area contributed by atoms with Crippen LogP contribution in [0.25, 0.3) is 0 Å². The quantitative estimate of drug-likeness (QED) is 0.571. The lowest BCUT2D eigenvalue weighted by molar-refractivity contribution is -0.224. The van der Waals surface area contributed by atoms with Crippen LogP contribution in [0, 0.1) is 19.8 Å². The molecular formula is C7H10F4. The van der Waals surface area contributed by atoms with E-state index in [1.165, 1.54) is 0 Å². The number of hydrogen-bond acceptors (Lipinski definition) is 0. The maximum absolute atomic E-state index is 12.5. The van der Waals surface area contributed by atoms with Crippen LogP contribution in [0.5, 0.6) is 0 Å². The molecule has 0 aliphatic carbocycles. The minimum atomic E-state index is -4.06. The van der Waals surface area contributed by atoms with Crippen molar-refractivity contribution in [3.05, 3.63) is 13.8 Å². The number of halogens is 4. The third kappa shape index (κ3) is 1.84. The molecule has 2 radical (unpaired) electrons. The van der Waals surface area contributed by atoms with E-state index in [4.69, 9.17) is 0 Å². The van der Waals surface area contributed by atoms with Crippen molar-refractivity contribution < 1.29 is 17.6 Å². The van der Waals surface area contributed by atoms with Gasteiger partial charge in [0.15, 0.2) is 0 Å². The highest BCUT2D eigenvalue weighted by molar-refractivity contribution is 4.90. The summed E-state index contributed by atoms with van der Waals surface area (Å²) >= 11 is 0. The molecule has 0 rings (SSSR count). The van der Waals surface area contributed by atoms with Gasteiger partial charge in [-0.2, -0.15) is 17.6 Å². The SMILES string of the molecule is [CH2]CC(F)(F)C(F)(F)C([CH2])C. The molecular weight excluding hydrogens is 160 g/mol. The first-order chi connectivity index (χ1) is 4.75. The van der Waals surface area contributed by atoms with Crippen molar-refractivity contribution in [3.63, 3.8) is 0 Å². The normalized spacial score (nSPS) is 14.2. The summed E-state index contributed by atoms with van der Waals surface area (Å²) in [7, 11) is 0. The van der Waals surface area contributed by atoms with Crippen molar-refractivity contribution in [3.8, 4) is 0 Å². The summed E-state index contributed by atoms with van der Waals surface area (Å²) < 4.78 is 49.6. The molecule has 0 spiro atoms. The lowest BCUT2D eigenvalue weighted by Gasteiger charge is -2.28. The maximum Gasteiger partial charge on any atom is 0.312 e. The predicted molar refractivity (Wildman–Crippen MR) is 34.4 cm³/mol. The minimum Gasteiger partial charge on any atom is -0.200 e. The summed E-state index contributed by atoms with van der Waals surface area (Å²) in [5.74, 6) is -9.72. The molecule has 1 atom stereocenters. The van der Waals surface area contributed by atoms with Gasteiger partial charge in [-0.15, -0.1) is 0 Å². The Balaban J connectivity index is 4.53. The maximum atomic E-state index is 12.5. The van der Waals surface area contributed by atoms with E-state index in [9.17, 15) is 17.6 Å². The van der Waals surface area contributed by atoms with Gasteiger partial charge in [-0.25, -0.2) is 0 Å². The summed E-state index contributed by atoms with van der Waals surface area (Å²) in [4.78, 5) is 0. The first kappa shape index (κ1) is 10.7. The molecule has 0 aromatic carbocycles. The molecule has 0 aliphatic heterocycles. The average molecular weight is 170 g/mol. The van der Waals surface area contributed by atoms with Gasteiger partial charge in [0.05, 0.1) is 0 Å². The van der Waals surface area contributed by atoms with Crippen LogP contribution in [-0.2, 0) is 0 Å². The first-order valence-electron chi connectivity index (χ1n) is 3.13. The van der Waals surface area contributed by atoms with Crippen LogP contribution in [0.1, 0.15) is 13.3 Å². The summed E-state index contributed by atoms with van der Waals surface area (Å²) in [6, 6.07) is 0. The Kier molecular flexibility index (Phi) is 2.91. The van der Waals surface area contributed by atoms with Gasteiger partial charge in [-0.05, 0) is 13.8 Å². The largest absolute Gasteiger partial charge is 0.312 e. The van der Waals surface area contributed by atoms with E-state index in [-0.39, 0.29) is 0 Å². The van der Waals surface area contributed by atoms with Gasteiger partial charge in [0, 0.05) is 12.3 Å². The summed E-state index contributed by atoms with van der Waals surface area (Å²) in [5.41, 5.74) is 0. The van der Waals surface area contributed by atoms with Crippen LogP contribution < -0.4 is 0 Å². The first-order valence-corrected chi connectivity index (χ1v) is 3.13. The second-order valence-electron chi connectivity index (χ2n) is 2.48. The molecule has 0 amide bonds. The van der Waals surface area contributed by atoms with Gasteiger partial charge in [-0.1, -0.05) is 6.92 Å². The molecule has 0 heterocycles. The fourth-order valence-electron chi connectivity index (χ4n) is 0.527. The van der Waals surface area contributed by atoms with Crippen LogP contribution in [0.15, 0.2) is 0 Å². The third-order valence-corrected chi connectivity index (χ3v) is 1.42. The Morgan fingerprint density at radius 1 is 1.27 bits per heavy atom. The molecule has 0 saturated carbocycles. The molecule has 66 valence electrons. The minimum absolute atomic E-state index is 0.948. The van der Waals surface area contributed by atoms with Gasteiger partial charge in [0.25, 0.3) is 0 Å². The van der Waals surface area contributed by atoms with Crippen molar-refractivity contribution in [2.24, 2.45) is 5.92 Å². The molecule has 0 aliphatic rings. The van der Waals surface area contributed by atoms with Gasteiger partial charge >= 0.3 is 11.8 Å². The topological polar surface area (TPSA) is 0 Å². The van der Waals surface area contributed by atoms with Crippen LogP contribution in [0.4, 0.5) is 17.6 Å². The lowest BCUT2D eigenvalue weighted by Crippen LogP contribution is -2.44. The van der Waals surface area contributed by atoms with E-state index in [0.717, 1.165) is 6.92 Å². The molecule has 0 N–H and O–H groups in total. The smallest absolute Gasteiger partial charge is 0.200 e. The standard InChI is InChI=1S/C7H10F4/c1-4-6(8,9)7(10,11)5(2)3/h5H,1-2,4H2,3H3. The lowest BCUT2D eigenvalue weighted by atomic mass is 9.98. The van der Waals surface area contributed by atoms with Crippen molar-refractivity contribution >= 4 is 0 Å². The van der Waals surface area contributed by atoms with Crippen LogP contribution in [-0.4, -0.2) is 11.8 Å². The van der Waals surface area contributed by atoms with Gasteiger partial charge in [-0.3, -0.25) is 0 Å². The average Bonchev–Trinajstić information content (AvgIpc) is 1.87. The molecule has 0 fully saturated rings. The van der Waals surface area contributed by atoms with E-state index in [0.29, 0.717) is 0 Å². The van der Waals surface area contributed by atoms with E-state index in [2.05, 4.69) is 13.8 Å². The zero-order valence-corrected chi connectivity index (χ0v) is 6.21. The van der Waals surface area contributed by atoms with E-state index in [1.807, 2.05) is 0 Å². The highest BCUT2D eigenvalue weighted by atomic mass is 19.3. The second-order valence-corrected chi connectivity index (χ2v) is 2.48. The Morgan fingerprint density at radius 2 is 1.64 bits per heavy atom. The molecule has 0 bridgehead atoms. The van der Waals surface area contributed by atoms with E-state index in [1.54, 1.807) is 0 Å². The Bertz CT molecular complexity index is 128. The molecule has 0 aromatic rings. The predicted octanol–water partition coefficient (Wildman–Crippen LogP) is 2.95.